The van der Waals surface area contributed by atoms with Crippen molar-refractivity contribution in [1.29, 1.82) is 0 Å². The first-order valence-electron chi connectivity index (χ1n) is 8.52. The molecule has 29 heavy (non-hydrogen) atoms. The molecule has 0 bridgehead atoms. The number of hydrogen-bond acceptors (Lipinski definition) is 7. The molecule has 148 valence electrons. The van der Waals surface area contributed by atoms with Crippen molar-refractivity contribution in [3.8, 4) is 28.6 Å². The van der Waals surface area contributed by atoms with Crippen molar-refractivity contribution in [2.75, 3.05) is 21.3 Å². The number of hydrogen-bond donors (Lipinski definition) is 0. The van der Waals surface area contributed by atoms with E-state index in [1.165, 1.54) is 15.9 Å². The zero-order chi connectivity index (χ0) is 20.5. The van der Waals surface area contributed by atoms with Crippen molar-refractivity contribution in [3.63, 3.8) is 0 Å². The largest absolute Gasteiger partial charge is 0.493 e. The third-order valence-electron chi connectivity index (χ3n) is 4.28. The van der Waals surface area contributed by atoms with Gasteiger partial charge in [-0.1, -0.05) is 39.4 Å². The fourth-order valence-electron chi connectivity index (χ4n) is 2.93. The molecule has 0 aliphatic carbocycles. The van der Waals surface area contributed by atoms with Gasteiger partial charge in [0.2, 0.25) is 10.7 Å². The molecule has 4 rings (SSSR count). The van der Waals surface area contributed by atoms with Crippen LogP contribution in [0.5, 0.6) is 17.2 Å². The van der Waals surface area contributed by atoms with Crippen LogP contribution in [0.4, 0.5) is 0 Å². The fraction of sp³-hybridized carbons (Fsp3) is 0.150. The Balaban J connectivity index is 1.82. The van der Waals surface area contributed by atoms with E-state index in [2.05, 4.69) is 26.0 Å². The molecule has 0 radical (unpaired) electrons. The lowest BCUT2D eigenvalue weighted by atomic mass is 10.1. The van der Waals surface area contributed by atoms with Gasteiger partial charge in [-0.2, -0.15) is 9.50 Å². The molecule has 0 spiro atoms. The molecule has 2 aromatic carbocycles. The van der Waals surface area contributed by atoms with Gasteiger partial charge in [-0.05, 0) is 35.9 Å². The summed E-state index contributed by atoms with van der Waals surface area (Å²) in [5.41, 5.74) is 1.34. The number of rotatable bonds is 5. The molecule has 9 heteroatoms. The summed E-state index contributed by atoms with van der Waals surface area (Å²) in [6.45, 7) is 0. The fourth-order valence-corrected chi connectivity index (χ4v) is 4.30. The molecule has 0 aliphatic heterocycles. The number of methoxy groups -OCH3 is 3. The van der Waals surface area contributed by atoms with Gasteiger partial charge in [0, 0.05) is 10.0 Å². The van der Waals surface area contributed by atoms with E-state index in [-0.39, 0.29) is 5.56 Å². The number of halogens is 1. The van der Waals surface area contributed by atoms with E-state index in [0.29, 0.717) is 32.6 Å². The molecule has 2 heterocycles. The molecule has 0 aliphatic rings. The van der Waals surface area contributed by atoms with Crippen molar-refractivity contribution in [1.82, 2.24) is 14.6 Å². The normalized spacial score (nSPS) is 11.8. The quantitative estimate of drug-likeness (QED) is 0.443. The minimum absolute atomic E-state index is 0.232. The van der Waals surface area contributed by atoms with Crippen molar-refractivity contribution >= 4 is 38.3 Å². The molecule has 0 saturated carbocycles. The Morgan fingerprint density at radius 2 is 1.76 bits per heavy atom. The maximum absolute atomic E-state index is 12.8. The SMILES string of the molecule is COc1cc(C=c2sc3nc(-c4ccccc4Br)nn3c2=O)cc(OC)c1OC. The second kappa shape index (κ2) is 7.84. The van der Waals surface area contributed by atoms with Crippen LogP contribution in [0.15, 0.2) is 45.7 Å². The van der Waals surface area contributed by atoms with Gasteiger partial charge in [0.25, 0.3) is 5.56 Å². The smallest absolute Gasteiger partial charge is 0.291 e. The second-order valence-electron chi connectivity index (χ2n) is 5.98. The van der Waals surface area contributed by atoms with Gasteiger partial charge in [-0.15, -0.1) is 5.10 Å². The average molecular weight is 474 g/mol. The third-order valence-corrected chi connectivity index (χ3v) is 5.93. The summed E-state index contributed by atoms with van der Waals surface area (Å²) < 4.78 is 18.8. The number of thiazole rings is 1. The van der Waals surface area contributed by atoms with E-state index in [4.69, 9.17) is 14.2 Å². The van der Waals surface area contributed by atoms with Crippen LogP contribution in [0.2, 0.25) is 0 Å². The summed E-state index contributed by atoms with van der Waals surface area (Å²) in [6, 6.07) is 11.2. The monoisotopic (exact) mass is 473 g/mol. The van der Waals surface area contributed by atoms with Crippen molar-refractivity contribution < 1.29 is 14.2 Å². The summed E-state index contributed by atoms with van der Waals surface area (Å²) in [4.78, 5) is 17.9. The van der Waals surface area contributed by atoms with E-state index in [1.54, 1.807) is 39.5 Å². The van der Waals surface area contributed by atoms with Gasteiger partial charge < -0.3 is 14.2 Å². The minimum atomic E-state index is -0.232. The highest BCUT2D eigenvalue weighted by Crippen LogP contribution is 2.38. The first-order chi connectivity index (χ1) is 14.0. The lowest BCUT2D eigenvalue weighted by molar-refractivity contribution is 0.324. The van der Waals surface area contributed by atoms with Gasteiger partial charge in [-0.25, -0.2) is 0 Å². The number of benzene rings is 2. The van der Waals surface area contributed by atoms with Gasteiger partial charge >= 0.3 is 0 Å². The summed E-state index contributed by atoms with van der Waals surface area (Å²) in [7, 11) is 4.64. The van der Waals surface area contributed by atoms with E-state index in [0.717, 1.165) is 15.6 Å². The predicted octanol–water partition coefficient (Wildman–Crippen LogP) is 3.15. The van der Waals surface area contributed by atoms with E-state index in [9.17, 15) is 4.79 Å². The zero-order valence-electron chi connectivity index (χ0n) is 15.8. The van der Waals surface area contributed by atoms with E-state index >= 15 is 0 Å². The van der Waals surface area contributed by atoms with Crippen LogP contribution in [0, 0.1) is 0 Å². The van der Waals surface area contributed by atoms with Gasteiger partial charge in [-0.3, -0.25) is 4.79 Å². The molecule has 0 saturated heterocycles. The zero-order valence-corrected chi connectivity index (χ0v) is 18.2. The van der Waals surface area contributed by atoms with Gasteiger partial charge in [0.15, 0.2) is 17.3 Å². The highest BCUT2D eigenvalue weighted by atomic mass is 79.9. The Kier molecular flexibility index (Phi) is 5.25. The number of ether oxygens (including phenoxy) is 3. The highest BCUT2D eigenvalue weighted by molar-refractivity contribution is 9.10. The van der Waals surface area contributed by atoms with Gasteiger partial charge in [0.05, 0.1) is 25.9 Å². The first kappa shape index (κ1) is 19.4. The lowest BCUT2D eigenvalue weighted by Crippen LogP contribution is -2.23. The highest BCUT2D eigenvalue weighted by Gasteiger charge is 2.15. The Morgan fingerprint density at radius 3 is 2.34 bits per heavy atom. The van der Waals surface area contributed by atoms with Crippen LogP contribution in [-0.4, -0.2) is 35.9 Å². The summed E-state index contributed by atoms with van der Waals surface area (Å²) in [5, 5.41) is 4.38. The summed E-state index contributed by atoms with van der Waals surface area (Å²) in [5.74, 6) is 2.03. The van der Waals surface area contributed by atoms with Crippen LogP contribution >= 0.6 is 27.3 Å². The number of fused-ring (bicyclic) bond motifs is 1. The maximum atomic E-state index is 12.8. The molecule has 4 aromatic rings. The first-order valence-corrected chi connectivity index (χ1v) is 10.1. The molecule has 0 amide bonds. The van der Waals surface area contributed by atoms with Crippen LogP contribution in [-0.2, 0) is 0 Å². The standard InChI is InChI=1S/C20H16BrN3O4S/c1-26-14-8-11(9-15(27-2)17(14)28-3)10-16-19(25)24-20(29-16)22-18(23-24)12-6-4-5-7-13(12)21/h4-10H,1-3H3. The Labute approximate surface area is 178 Å². The molecule has 0 atom stereocenters. The lowest BCUT2D eigenvalue weighted by Gasteiger charge is -2.12. The Morgan fingerprint density at radius 1 is 1.07 bits per heavy atom. The van der Waals surface area contributed by atoms with Crippen LogP contribution < -0.4 is 24.3 Å². The molecule has 2 aromatic heterocycles. The summed E-state index contributed by atoms with van der Waals surface area (Å²) >= 11 is 4.76. The van der Waals surface area contributed by atoms with Gasteiger partial charge in [0.1, 0.15) is 0 Å². The van der Waals surface area contributed by atoms with Crippen LogP contribution in [0.25, 0.3) is 22.4 Å². The average Bonchev–Trinajstić information content (AvgIpc) is 3.27. The second-order valence-corrected chi connectivity index (χ2v) is 7.85. The van der Waals surface area contributed by atoms with E-state index < -0.39 is 0 Å². The van der Waals surface area contributed by atoms with Crippen LogP contribution in [0.3, 0.4) is 0 Å². The Hall–Kier alpha value is -2.91. The Bertz CT molecular complexity index is 1290. The van der Waals surface area contributed by atoms with Crippen LogP contribution in [0.1, 0.15) is 5.56 Å². The molecule has 0 fully saturated rings. The topological polar surface area (TPSA) is 75.0 Å². The molecular formula is C20H16BrN3O4S. The van der Waals surface area contributed by atoms with Crippen molar-refractivity contribution in [3.05, 3.63) is 61.3 Å². The third kappa shape index (κ3) is 3.47. The minimum Gasteiger partial charge on any atom is -0.493 e. The maximum Gasteiger partial charge on any atom is 0.291 e. The van der Waals surface area contributed by atoms with Crippen molar-refractivity contribution in [2.45, 2.75) is 0 Å². The number of nitrogens with zero attached hydrogens (tertiary/aromatic N) is 3. The van der Waals surface area contributed by atoms with Crippen molar-refractivity contribution in [2.24, 2.45) is 0 Å². The molecule has 7 nitrogen and oxygen atoms in total. The molecular weight excluding hydrogens is 458 g/mol. The number of aromatic nitrogens is 3. The molecule has 0 N–H and O–H groups in total. The van der Waals surface area contributed by atoms with E-state index in [1.807, 2.05) is 24.3 Å². The molecule has 0 unspecified atom stereocenters. The predicted molar refractivity (Wildman–Crippen MR) is 115 cm³/mol. The summed E-state index contributed by atoms with van der Waals surface area (Å²) in [6.07, 6.45) is 1.76.